The van der Waals surface area contributed by atoms with E-state index < -0.39 is 0 Å². The topological polar surface area (TPSA) is 0 Å². The zero-order valence-corrected chi connectivity index (χ0v) is 14.0. The fraction of sp³-hybridized carbons (Fsp3) is 0.143. The first-order valence-corrected chi connectivity index (χ1v) is 8.09. The average Bonchev–Trinajstić information content (AvgIpc) is 2.34. The first-order valence-electron chi connectivity index (χ1n) is 5.41. The molecule has 0 saturated carbocycles. The molecule has 0 radical (unpaired) electrons. The van der Waals surface area contributed by atoms with Crippen molar-refractivity contribution in [1.29, 1.82) is 0 Å². The molecule has 17 heavy (non-hydrogen) atoms. The predicted molar refractivity (Wildman–Crippen MR) is 86.8 cm³/mol. The van der Waals surface area contributed by atoms with Crippen LogP contribution in [0.5, 0.6) is 0 Å². The molecule has 0 aromatic heterocycles. The van der Waals surface area contributed by atoms with Crippen LogP contribution in [0.1, 0.15) is 12.5 Å². The van der Waals surface area contributed by atoms with Gasteiger partial charge in [0.15, 0.2) is 0 Å². The Labute approximate surface area is 128 Å². The number of benzene rings is 2. The molecule has 0 N–H and O–H groups in total. The lowest BCUT2D eigenvalue weighted by Crippen LogP contribution is -1.83. The van der Waals surface area contributed by atoms with E-state index in [9.17, 15) is 0 Å². The van der Waals surface area contributed by atoms with Crippen LogP contribution in [0.2, 0.25) is 0 Å². The Bertz CT molecular complexity index is 508. The van der Waals surface area contributed by atoms with Gasteiger partial charge in [0.2, 0.25) is 0 Å². The van der Waals surface area contributed by atoms with Crippen LogP contribution in [0, 0.1) is 3.57 Å². The van der Waals surface area contributed by atoms with Gasteiger partial charge in [0, 0.05) is 17.8 Å². The minimum Gasteiger partial charge on any atom is -0.0901 e. The zero-order valence-electron chi connectivity index (χ0n) is 9.41. The number of hydrogen-bond acceptors (Lipinski definition) is 1. The Morgan fingerprint density at radius 3 is 2.35 bits per heavy atom. The quantitative estimate of drug-likeness (QED) is 0.570. The van der Waals surface area contributed by atoms with Crippen LogP contribution in [0.3, 0.4) is 0 Å². The molecule has 0 spiro atoms. The van der Waals surface area contributed by atoms with Crippen LogP contribution in [-0.4, -0.2) is 0 Å². The van der Waals surface area contributed by atoms with Crippen molar-refractivity contribution in [3.05, 3.63) is 56.1 Å². The lowest BCUT2D eigenvalue weighted by atomic mass is 10.2. The van der Waals surface area contributed by atoms with Crippen LogP contribution < -0.4 is 0 Å². The van der Waals surface area contributed by atoms with Crippen molar-refractivity contribution in [2.75, 3.05) is 0 Å². The standard InChI is InChI=1S/C14H12BrIS/c1-2-10-9-13(7-8-14(10)15)17-12-5-3-11(16)4-6-12/h3-9H,2H2,1H3. The smallest absolute Gasteiger partial charge is 0.0207 e. The molecular formula is C14H12BrIS. The molecule has 0 nitrogen and oxygen atoms in total. The van der Waals surface area contributed by atoms with E-state index >= 15 is 0 Å². The Balaban J connectivity index is 2.21. The summed E-state index contributed by atoms with van der Waals surface area (Å²) in [5, 5.41) is 0. The molecule has 0 aliphatic carbocycles. The molecule has 0 bridgehead atoms. The fourth-order valence-corrected chi connectivity index (χ4v) is 3.29. The molecule has 2 aromatic rings. The van der Waals surface area contributed by atoms with Crippen LogP contribution in [0.4, 0.5) is 0 Å². The van der Waals surface area contributed by atoms with Crippen LogP contribution >= 0.6 is 50.3 Å². The van der Waals surface area contributed by atoms with Crippen molar-refractivity contribution >= 4 is 50.3 Å². The van der Waals surface area contributed by atoms with Gasteiger partial charge in [-0.05, 0) is 77.0 Å². The summed E-state index contributed by atoms with van der Waals surface area (Å²) in [4.78, 5) is 2.58. The molecule has 0 heterocycles. The molecule has 0 amide bonds. The molecule has 0 saturated heterocycles. The molecular weight excluding hydrogens is 407 g/mol. The minimum atomic E-state index is 1.06. The lowest BCUT2D eigenvalue weighted by molar-refractivity contribution is 1.11. The third-order valence-electron chi connectivity index (χ3n) is 2.45. The summed E-state index contributed by atoms with van der Waals surface area (Å²) in [6.45, 7) is 2.18. The summed E-state index contributed by atoms with van der Waals surface area (Å²) in [6, 6.07) is 15.2. The van der Waals surface area contributed by atoms with Gasteiger partial charge in [-0.2, -0.15) is 0 Å². The van der Waals surface area contributed by atoms with Crippen molar-refractivity contribution in [3.8, 4) is 0 Å². The van der Waals surface area contributed by atoms with E-state index in [1.54, 1.807) is 0 Å². The highest BCUT2D eigenvalue weighted by Crippen LogP contribution is 2.31. The van der Waals surface area contributed by atoms with Crippen molar-refractivity contribution in [1.82, 2.24) is 0 Å². The monoisotopic (exact) mass is 418 g/mol. The highest BCUT2D eigenvalue weighted by atomic mass is 127. The van der Waals surface area contributed by atoms with E-state index in [4.69, 9.17) is 0 Å². The first-order chi connectivity index (χ1) is 8.19. The summed E-state index contributed by atoms with van der Waals surface area (Å²) < 4.78 is 2.48. The number of halogens is 2. The van der Waals surface area contributed by atoms with Gasteiger partial charge in [-0.1, -0.05) is 34.6 Å². The summed E-state index contributed by atoms with van der Waals surface area (Å²) in [5.74, 6) is 0. The van der Waals surface area contributed by atoms with E-state index in [0.717, 1.165) is 6.42 Å². The maximum Gasteiger partial charge on any atom is 0.0207 e. The minimum absolute atomic E-state index is 1.06. The van der Waals surface area contributed by atoms with Crippen LogP contribution in [0.15, 0.2) is 56.7 Å². The summed E-state index contributed by atoms with van der Waals surface area (Å²) in [5.41, 5.74) is 1.36. The zero-order chi connectivity index (χ0) is 12.3. The Morgan fingerprint density at radius 2 is 1.71 bits per heavy atom. The second kappa shape index (κ2) is 6.25. The summed E-state index contributed by atoms with van der Waals surface area (Å²) in [7, 11) is 0. The molecule has 2 aromatic carbocycles. The van der Waals surface area contributed by atoms with Gasteiger partial charge in [0.25, 0.3) is 0 Å². The molecule has 0 aliphatic rings. The fourth-order valence-electron chi connectivity index (χ4n) is 1.52. The largest absolute Gasteiger partial charge is 0.0901 e. The van der Waals surface area contributed by atoms with Gasteiger partial charge in [0.1, 0.15) is 0 Å². The van der Waals surface area contributed by atoms with Gasteiger partial charge in [-0.15, -0.1) is 0 Å². The van der Waals surface area contributed by atoms with E-state index in [0.29, 0.717) is 0 Å². The average molecular weight is 419 g/mol. The van der Waals surface area contributed by atoms with E-state index in [2.05, 4.69) is 87.9 Å². The summed E-state index contributed by atoms with van der Waals surface area (Å²) in [6.07, 6.45) is 1.06. The second-order valence-corrected chi connectivity index (χ2v) is 6.91. The lowest BCUT2D eigenvalue weighted by Gasteiger charge is -2.06. The van der Waals surface area contributed by atoms with E-state index in [-0.39, 0.29) is 0 Å². The third-order valence-corrected chi connectivity index (χ3v) is 4.94. The van der Waals surface area contributed by atoms with E-state index in [1.165, 1.54) is 23.4 Å². The number of rotatable bonds is 3. The van der Waals surface area contributed by atoms with E-state index in [1.807, 2.05) is 11.8 Å². The molecule has 3 heteroatoms. The van der Waals surface area contributed by atoms with Gasteiger partial charge in [-0.3, -0.25) is 0 Å². The van der Waals surface area contributed by atoms with Gasteiger partial charge in [0.05, 0.1) is 0 Å². The Kier molecular flexibility index (Phi) is 4.94. The van der Waals surface area contributed by atoms with Gasteiger partial charge >= 0.3 is 0 Å². The second-order valence-electron chi connectivity index (χ2n) is 3.66. The number of hydrogen-bond donors (Lipinski definition) is 0. The molecule has 0 unspecified atom stereocenters. The van der Waals surface area contributed by atoms with Gasteiger partial charge < -0.3 is 0 Å². The van der Waals surface area contributed by atoms with Crippen molar-refractivity contribution in [2.45, 2.75) is 23.1 Å². The maximum atomic E-state index is 3.58. The maximum absolute atomic E-state index is 3.58. The highest BCUT2D eigenvalue weighted by Gasteiger charge is 2.02. The van der Waals surface area contributed by atoms with Gasteiger partial charge in [-0.25, -0.2) is 0 Å². The predicted octanol–water partition coefficient (Wildman–Crippen LogP) is 5.77. The molecule has 88 valence electrons. The van der Waals surface area contributed by atoms with Crippen molar-refractivity contribution in [2.24, 2.45) is 0 Å². The van der Waals surface area contributed by atoms with Crippen LogP contribution in [0.25, 0.3) is 0 Å². The highest BCUT2D eigenvalue weighted by molar-refractivity contribution is 14.1. The molecule has 0 aliphatic heterocycles. The van der Waals surface area contributed by atoms with Crippen LogP contribution in [-0.2, 0) is 6.42 Å². The third kappa shape index (κ3) is 3.73. The number of aryl methyl sites for hydroxylation is 1. The van der Waals surface area contributed by atoms with Crippen molar-refractivity contribution < 1.29 is 0 Å². The Hall–Kier alpha value is -0.000000000000000111. The summed E-state index contributed by atoms with van der Waals surface area (Å²) >= 11 is 7.71. The molecule has 0 fully saturated rings. The Morgan fingerprint density at radius 1 is 1.06 bits per heavy atom. The SMILES string of the molecule is CCc1cc(Sc2ccc(I)cc2)ccc1Br. The molecule has 2 rings (SSSR count). The first kappa shape index (κ1) is 13.4. The molecule has 0 atom stereocenters. The van der Waals surface area contributed by atoms with Crippen molar-refractivity contribution in [3.63, 3.8) is 0 Å². The normalized spacial score (nSPS) is 10.5.